The number of aromatic hydroxyl groups is 1. The van der Waals surface area contributed by atoms with Crippen LogP contribution in [0.5, 0.6) is 17.2 Å². The van der Waals surface area contributed by atoms with Crippen molar-refractivity contribution in [3.63, 3.8) is 0 Å². The van der Waals surface area contributed by atoms with Crippen LogP contribution in [0, 0.1) is 13.8 Å². The number of hydrogen-bond acceptors (Lipinski definition) is 4. The van der Waals surface area contributed by atoms with Crippen LogP contribution in [0.1, 0.15) is 18.1 Å². The Morgan fingerprint density at radius 3 is 2.40 bits per heavy atom. The van der Waals surface area contributed by atoms with E-state index in [0.29, 0.717) is 11.3 Å². The zero-order chi connectivity index (χ0) is 11.6. The molecule has 0 aliphatic heterocycles. The first kappa shape index (κ1) is 11.4. The molecule has 82 valence electrons. The average molecular weight is 210 g/mol. The van der Waals surface area contributed by atoms with Crippen LogP contribution in [0.15, 0.2) is 6.07 Å². The maximum absolute atomic E-state index is 10.8. The van der Waals surface area contributed by atoms with Gasteiger partial charge in [0.2, 0.25) is 0 Å². The Hall–Kier alpha value is -1.71. The van der Waals surface area contributed by atoms with E-state index >= 15 is 0 Å². The van der Waals surface area contributed by atoms with Crippen molar-refractivity contribution in [2.24, 2.45) is 0 Å². The highest BCUT2D eigenvalue weighted by atomic mass is 16.6. The maximum Gasteiger partial charge on any atom is 0.308 e. The van der Waals surface area contributed by atoms with E-state index in [2.05, 4.69) is 0 Å². The minimum absolute atomic E-state index is 0.0875. The van der Waals surface area contributed by atoms with E-state index in [4.69, 9.17) is 9.47 Å². The second-order valence-electron chi connectivity index (χ2n) is 3.27. The first-order valence-corrected chi connectivity index (χ1v) is 4.53. The van der Waals surface area contributed by atoms with E-state index in [1.54, 1.807) is 13.8 Å². The highest BCUT2D eigenvalue weighted by Gasteiger charge is 2.15. The van der Waals surface area contributed by atoms with E-state index in [-0.39, 0.29) is 11.5 Å². The minimum atomic E-state index is -0.448. The van der Waals surface area contributed by atoms with Crippen LogP contribution in [0.3, 0.4) is 0 Å². The molecule has 0 amide bonds. The molecule has 1 N–H and O–H groups in total. The van der Waals surface area contributed by atoms with E-state index < -0.39 is 5.97 Å². The van der Waals surface area contributed by atoms with E-state index in [0.717, 1.165) is 5.56 Å². The summed E-state index contributed by atoms with van der Waals surface area (Å²) in [6, 6.07) is 1.38. The second-order valence-corrected chi connectivity index (χ2v) is 3.27. The Kier molecular flexibility index (Phi) is 3.19. The van der Waals surface area contributed by atoms with Gasteiger partial charge < -0.3 is 14.6 Å². The van der Waals surface area contributed by atoms with Gasteiger partial charge in [0.1, 0.15) is 5.75 Å². The van der Waals surface area contributed by atoms with Crippen LogP contribution >= 0.6 is 0 Å². The highest BCUT2D eigenvalue weighted by Crippen LogP contribution is 2.38. The molecule has 15 heavy (non-hydrogen) atoms. The third-order valence-corrected chi connectivity index (χ3v) is 2.24. The summed E-state index contributed by atoms with van der Waals surface area (Å²) in [4.78, 5) is 10.8. The minimum Gasteiger partial charge on any atom is -0.508 e. The summed E-state index contributed by atoms with van der Waals surface area (Å²) < 4.78 is 10.1. The van der Waals surface area contributed by atoms with Gasteiger partial charge in [0.05, 0.1) is 7.11 Å². The van der Waals surface area contributed by atoms with Gasteiger partial charge in [0.15, 0.2) is 11.5 Å². The summed E-state index contributed by atoms with van der Waals surface area (Å²) >= 11 is 0. The van der Waals surface area contributed by atoms with Gasteiger partial charge in [-0.15, -0.1) is 0 Å². The fourth-order valence-corrected chi connectivity index (χ4v) is 1.33. The molecular weight excluding hydrogens is 196 g/mol. The largest absolute Gasteiger partial charge is 0.508 e. The number of rotatable bonds is 2. The molecule has 1 rings (SSSR count). The van der Waals surface area contributed by atoms with Crippen molar-refractivity contribution in [3.8, 4) is 17.2 Å². The molecule has 0 bridgehead atoms. The van der Waals surface area contributed by atoms with Crippen LogP contribution in [-0.2, 0) is 4.79 Å². The number of carbonyl (C=O) groups is 1. The molecule has 0 atom stereocenters. The van der Waals surface area contributed by atoms with Crippen molar-refractivity contribution >= 4 is 5.97 Å². The van der Waals surface area contributed by atoms with Gasteiger partial charge in [-0.2, -0.15) is 0 Å². The normalized spacial score (nSPS) is 9.87. The second kappa shape index (κ2) is 4.21. The molecule has 0 radical (unpaired) electrons. The number of methoxy groups -OCH3 is 1. The fraction of sp³-hybridized carbons (Fsp3) is 0.364. The highest BCUT2D eigenvalue weighted by molar-refractivity contribution is 5.71. The van der Waals surface area contributed by atoms with Crippen molar-refractivity contribution in [1.82, 2.24) is 0 Å². The van der Waals surface area contributed by atoms with Gasteiger partial charge in [0.25, 0.3) is 0 Å². The molecule has 4 heteroatoms. The Bertz CT molecular complexity index is 396. The third-order valence-electron chi connectivity index (χ3n) is 2.24. The van der Waals surface area contributed by atoms with Gasteiger partial charge in [-0.25, -0.2) is 0 Å². The van der Waals surface area contributed by atoms with Crippen molar-refractivity contribution in [1.29, 1.82) is 0 Å². The molecule has 0 saturated carbocycles. The molecule has 1 aromatic rings. The summed E-state index contributed by atoms with van der Waals surface area (Å²) in [6.45, 7) is 4.86. The molecule has 4 nitrogen and oxygen atoms in total. The Labute approximate surface area is 88.4 Å². The lowest BCUT2D eigenvalue weighted by molar-refractivity contribution is -0.132. The third kappa shape index (κ3) is 2.21. The smallest absolute Gasteiger partial charge is 0.308 e. The van der Waals surface area contributed by atoms with Gasteiger partial charge in [-0.05, 0) is 19.4 Å². The molecule has 0 aliphatic carbocycles. The summed E-state index contributed by atoms with van der Waals surface area (Å²) in [6.07, 6.45) is 0. The average Bonchev–Trinajstić information content (AvgIpc) is 2.14. The first-order valence-electron chi connectivity index (χ1n) is 4.53. The van der Waals surface area contributed by atoms with Crippen molar-refractivity contribution < 1.29 is 19.4 Å². The number of hydrogen-bond donors (Lipinski definition) is 1. The van der Waals surface area contributed by atoms with Gasteiger partial charge >= 0.3 is 5.97 Å². The van der Waals surface area contributed by atoms with E-state index in [1.807, 2.05) is 0 Å². The number of esters is 1. The first-order chi connectivity index (χ1) is 6.97. The topological polar surface area (TPSA) is 55.8 Å². The summed E-state index contributed by atoms with van der Waals surface area (Å²) in [5.74, 6) is 0.353. The predicted octanol–water partition coefficient (Wildman–Crippen LogP) is 1.94. The SMILES string of the molecule is COc1c(OC(C)=O)cc(O)c(C)c1C. The number of ether oxygens (including phenoxy) is 2. The summed E-state index contributed by atoms with van der Waals surface area (Å²) in [5, 5.41) is 9.57. The monoisotopic (exact) mass is 210 g/mol. The van der Waals surface area contributed by atoms with Gasteiger partial charge in [-0.3, -0.25) is 4.79 Å². The lowest BCUT2D eigenvalue weighted by Crippen LogP contribution is -2.04. The van der Waals surface area contributed by atoms with Crippen molar-refractivity contribution in [2.45, 2.75) is 20.8 Å². The zero-order valence-electron chi connectivity index (χ0n) is 9.25. The Balaban J connectivity index is 3.31. The molecule has 0 spiro atoms. The zero-order valence-corrected chi connectivity index (χ0v) is 9.25. The van der Waals surface area contributed by atoms with E-state index in [1.165, 1.54) is 20.1 Å². The number of phenols is 1. The molecular formula is C11H14O4. The molecule has 0 heterocycles. The molecule has 1 aromatic carbocycles. The van der Waals surface area contributed by atoms with E-state index in [9.17, 15) is 9.90 Å². The van der Waals surface area contributed by atoms with Crippen LogP contribution < -0.4 is 9.47 Å². The Morgan fingerprint density at radius 1 is 1.33 bits per heavy atom. The van der Waals surface area contributed by atoms with Crippen molar-refractivity contribution in [3.05, 3.63) is 17.2 Å². The lowest BCUT2D eigenvalue weighted by Gasteiger charge is -2.13. The van der Waals surface area contributed by atoms with Crippen molar-refractivity contribution in [2.75, 3.05) is 7.11 Å². The quantitative estimate of drug-likeness (QED) is 0.598. The standard InChI is InChI=1S/C11H14O4/c1-6-7(2)11(14-4)10(5-9(6)13)15-8(3)12/h5,13H,1-4H3. The maximum atomic E-state index is 10.8. The van der Waals surface area contributed by atoms with Gasteiger partial charge in [-0.1, -0.05) is 0 Å². The predicted molar refractivity (Wildman–Crippen MR) is 55.4 cm³/mol. The molecule has 0 unspecified atom stereocenters. The Morgan fingerprint density at radius 2 is 1.93 bits per heavy atom. The number of carbonyl (C=O) groups excluding carboxylic acids is 1. The lowest BCUT2D eigenvalue weighted by atomic mass is 10.1. The molecule has 0 aliphatic rings. The number of phenolic OH excluding ortho intramolecular Hbond substituents is 1. The van der Waals surface area contributed by atoms with Crippen LogP contribution in [0.25, 0.3) is 0 Å². The molecule has 0 saturated heterocycles. The molecule has 0 aromatic heterocycles. The number of benzene rings is 1. The molecule has 0 fully saturated rings. The summed E-state index contributed by atoms with van der Waals surface area (Å²) in [7, 11) is 1.49. The summed E-state index contributed by atoms with van der Waals surface area (Å²) in [5.41, 5.74) is 1.47. The van der Waals surface area contributed by atoms with Crippen LogP contribution in [-0.4, -0.2) is 18.2 Å². The van der Waals surface area contributed by atoms with Gasteiger partial charge in [0, 0.05) is 18.6 Å². The van der Waals surface area contributed by atoms with Crippen LogP contribution in [0.4, 0.5) is 0 Å². The fourth-order valence-electron chi connectivity index (χ4n) is 1.33. The van der Waals surface area contributed by atoms with Crippen LogP contribution in [0.2, 0.25) is 0 Å².